The number of carboxylic acid groups (broad SMARTS) is 1. The second-order valence-corrected chi connectivity index (χ2v) is 5.48. The molecular weight excluding hydrogens is 316 g/mol. The summed E-state index contributed by atoms with van der Waals surface area (Å²) in [6.45, 7) is 6.92. The minimum absolute atomic E-state index is 0.229. The molecule has 25 heavy (non-hydrogen) atoms. The molecule has 0 aliphatic heterocycles. The average molecular weight is 340 g/mol. The number of aryl methyl sites for hydroxylation is 1. The van der Waals surface area contributed by atoms with Gasteiger partial charge in [0.2, 0.25) is 0 Å². The van der Waals surface area contributed by atoms with Crippen molar-refractivity contribution in [3.05, 3.63) is 59.2 Å². The van der Waals surface area contributed by atoms with Crippen LogP contribution in [0.4, 0.5) is 0 Å². The van der Waals surface area contributed by atoms with Gasteiger partial charge in [0.05, 0.1) is 18.8 Å². The number of aliphatic carboxylic acids is 1. The molecule has 0 unspecified atom stereocenters. The number of carbonyl (C=O) groups is 1. The highest BCUT2D eigenvalue weighted by Crippen LogP contribution is 2.29. The molecule has 4 nitrogen and oxygen atoms in total. The smallest absolute Gasteiger partial charge is 0.336 e. The van der Waals surface area contributed by atoms with Gasteiger partial charge in [0, 0.05) is 11.6 Å². The van der Waals surface area contributed by atoms with Crippen LogP contribution in [-0.4, -0.2) is 24.3 Å². The summed E-state index contributed by atoms with van der Waals surface area (Å²) in [6.07, 6.45) is 2.56. The molecule has 2 aromatic rings. The highest BCUT2D eigenvalue weighted by Gasteiger charge is 2.13. The van der Waals surface area contributed by atoms with Gasteiger partial charge in [0.25, 0.3) is 0 Å². The number of benzene rings is 2. The largest absolute Gasteiger partial charge is 0.494 e. The molecule has 0 aliphatic rings. The Morgan fingerprint density at radius 3 is 2.24 bits per heavy atom. The lowest BCUT2D eigenvalue weighted by atomic mass is 10.0. The molecule has 0 fully saturated rings. The van der Waals surface area contributed by atoms with Crippen molar-refractivity contribution >= 4 is 17.6 Å². The first-order chi connectivity index (χ1) is 12.1. The van der Waals surface area contributed by atoms with Crippen molar-refractivity contribution < 1.29 is 19.4 Å². The van der Waals surface area contributed by atoms with Crippen LogP contribution in [-0.2, 0) is 11.2 Å². The lowest BCUT2D eigenvalue weighted by Crippen LogP contribution is -2.01. The van der Waals surface area contributed by atoms with E-state index in [9.17, 15) is 9.90 Å². The molecule has 0 spiro atoms. The molecule has 2 aromatic carbocycles. The number of hydrogen-bond acceptors (Lipinski definition) is 3. The summed E-state index contributed by atoms with van der Waals surface area (Å²) >= 11 is 0. The fraction of sp³-hybridized carbons (Fsp3) is 0.286. The third-order valence-electron chi connectivity index (χ3n) is 3.80. The van der Waals surface area contributed by atoms with Gasteiger partial charge in [-0.3, -0.25) is 0 Å². The first-order valence-corrected chi connectivity index (χ1v) is 8.52. The summed E-state index contributed by atoms with van der Waals surface area (Å²) in [5.41, 5.74) is 2.78. The van der Waals surface area contributed by atoms with Gasteiger partial charge in [-0.1, -0.05) is 31.2 Å². The maximum Gasteiger partial charge on any atom is 0.336 e. The maximum absolute atomic E-state index is 11.8. The van der Waals surface area contributed by atoms with E-state index in [-0.39, 0.29) is 5.57 Å². The molecule has 0 saturated carbocycles. The van der Waals surface area contributed by atoms with Gasteiger partial charge < -0.3 is 14.6 Å². The first kappa shape index (κ1) is 18.6. The van der Waals surface area contributed by atoms with Crippen molar-refractivity contribution in [3.8, 4) is 11.5 Å². The maximum atomic E-state index is 11.8. The van der Waals surface area contributed by atoms with Crippen molar-refractivity contribution in [1.82, 2.24) is 0 Å². The lowest BCUT2D eigenvalue weighted by molar-refractivity contribution is -0.130. The van der Waals surface area contributed by atoms with Crippen LogP contribution >= 0.6 is 0 Å². The van der Waals surface area contributed by atoms with E-state index in [1.165, 1.54) is 5.56 Å². The van der Waals surface area contributed by atoms with Crippen LogP contribution in [0.1, 0.15) is 37.5 Å². The predicted molar refractivity (Wildman–Crippen MR) is 100 cm³/mol. The molecule has 4 heteroatoms. The first-order valence-electron chi connectivity index (χ1n) is 8.52. The summed E-state index contributed by atoms with van der Waals surface area (Å²) in [5, 5.41) is 9.64. The Labute approximate surface area is 148 Å². The second-order valence-electron chi connectivity index (χ2n) is 5.48. The Hall–Kier alpha value is -2.75. The molecule has 132 valence electrons. The Morgan fingerprint density at radius 2 is 1.68 bits per heavy atom. The van der Waals surface area contributed by atoms with E-state index in [1.807, 2.05) is 50.2 Å². The summed E-state index contributed by atoms with van der Waals surface area (Å²) in [5.74, 6) is 0.338. The van der Waals surface area contributed by atoms with Crippen LogP contribution in [0.2, 0.25) is 0 Å². The van der Waals surface area contributed by atoms with Gasteiger partial charge in [-0.2, -0.15) is 0 Å². The van der Waals surface area contributed by atoms with Gasteiger partial charge in [-0.05, 0) is 49.6 Å². The fourth-order valence-electron chi connectivity index (χ4n) is 2.51. The lowest BCUT2D eigenvalue weighted by Gasteiger charge is -2.11. The van der Waals surface area contributed by atoms with Crippen molar-refractivity contribution in [3.63, 3.8) is 0 Å². The zero-order valence-corrected chi connectivity index (χ0v) is 14.9. The Kier molecular flexibility index (Phi) is 6.63. The minimum Gasteiger partial charge on any atom is -0.494 e. The van der Waals surface area contributed by atoms with E-state index in [4.69, 9.17) is 9.47 Å². The van der Waals surface area contributed by atoms with Crippen molar-refractivity contribution in [1.29, 1.82) is 0 Å². The fourth-order valence-corrected chi connectivity index (χ4v) is 2.51. The Balaban J connectivity index is 2.46. The third-order valence-corrected chi connectivity index (χ3v) is 3.80. The van der Waals surface area contributed by atoms with Crippen LogP contribution in [0.3, 0.4) is 0 Å². The monoisotopic (exact) mass is 340 g/mol. The van der Waals surface area contributed by atoms with E-state index < -0.39 is 5.97 Å². The molecule has 0 atom stereocenters. The Morgan fingerprint density at radius 1 is 1.00 bits per heavy atom. The van der Waals surface area contributed by atoms with Crippen LogP contribution in [0.5, 0.6) is 11.5 Å². The standard InChI is InChI=1S/C21H24O4/c1-4-15-7-9-16(10-8-15)19(21(22)23)13-17-11-12-18(24-5-2)14-20(17)25-6-3/h7-14H,4-6H2,1-3H3,(H,22,23)/b19-13-. The Bertz CT molecular complexity index is 745. The highest BCUT2D eigenvalue weighted by molar-refractivity contribution is 6.20. The van der Waals surface area contributed by atoms with Crippen molar-refractivity contribution in [2.24, 2.45) is 0 Å². The van der Waals surface area contributed by atoms with Gasteiger partial charge in [-0.25, -0.2) is 4.79 Å². The third kappa shape index (κ3) is 4.86. The van der Waals surface area contributed by atoms with E-state index in [1.54, 1.807) is 12.1 Å². The molecule has 2 rings (SSSR count). The van der Waals surface area contributed by atoms with Gasteiger partial charge in [0.1, 0.15) is 11.5 Å². The number of carboxylic acids is 1. The molecule has 0 aliphatic carbocycles. The SMILES string of the molecule is CCOc1ccc(/C=C(\C(=O)O)c2ccc(CC)cc2)c(OCC)c1. The van der Waals surface area contributed by atoms with Crippen LogP contribution in [0.25, 0.3) is 11.6 Å². The molecular formula is C21H24O4. The van der Waals surface area contributed by atoms with Crippen molar-refractivity contribution in [2.45, 2.75) is 27.2 Å². The second kappa shape index (κ2) is 8.92. The predicted octanol–water partition coefficient (Wildman–Crippen LogP) is 4.67. The van der Waals surface area contributed by atoms with E-state index >= 15 is 0 Å². The normalized spacial score (nSPS) is 11.2. The zero-order chi connectivity index (χ0) is 18.2. The van der Waals surface area contributed by atoms with E-state index in [0.29, 0.717) is 35.8 Å². The topological polar surface area (TPSA) is 55.8 Å². The van der Waals surface area contributed by atoms with Gasteiger partial charge in [-0.15, -0.1) is 0 Å². The number of hydrogen-bond donors (Lipinski definition) is 1. The molecule has 0 radical (unpaired) electrons. The highest BCUT2D eigenvalue weighted by atomic mass is 16.5. The summed E-state index contributed by atoms with van der Waals surface area (Å²) in [6, 6.07) is 13.0. The molecule has 1 N–H and O–H groups in total. The van der Waals surface area contributed by atoms with Crippen LogP contribution in [0, 0.1) is 0 Å². The molecule has 0 aromatic heterocycles. The van der Waals surface area contributed by atoms with Gasteiger partial charge in [0.15, 0.2) is 0 Å². The zero-order valence-electron chi connectivity index (χ0n) is 14.9. The van der Waals surface area contributed by atoms with Crippen molar-refractivity contribution in [2.75, 3.05) is 13.2 Å². The molecule has 0 amide bonds. The molecule has 0 saturated heterocycles. The van der Waals surface area contributed by atoms with E-state index in [2.05, 4.69) is 6.92 Å². The summed E-state index contributed by atoms with van der Waals surface area (Å²) in [4.78, 5) is 11.8. The van der Waals surface area contributed by atoms with Crippen LogP contribution < -0.4 is 9.47 Å². The summed E-state index contributed by atoms with van der Waals surface area (Å²) in [7, 11) is 0. The number of ether oxygens (including phenoxy) is 2. The van der Waals surface area contributed by atoms with Gasteiger partial charge >= 0.3 is 5.97 Å². The minimum atomic E-state index is -0.972. The molecule has 0 heterocycles. The van der Waals surface area contributed by atoms with Crippen LogP contribution in [0.15, 0.2) is 42.5 Å². The molecule has 0 bridgehead atoms. The average Bonchev–Trinajstić information content (AvgIpc) is 2.61. The summed E-state index contributed by atoms with van der Waals surface area (Å²) < 4.78 is 11.2. The quantitative estimate of drug-likeness (QED) is 0.560. The van der Waals surface area contributed by atoms with E-state index in [0.717, 1.165) is 6.42 Å². The number of rotatable bonds is 8.